The van der Waals surface area contributed by atoms with E-state index < -0.39 is 11.9 Å². The van der Waals surface area contributed by atoms with Gasteiger partial charge in [0, 0.05) is 31.0 Å². The smallest absolute Gasteiger partial charge is 0.364 e. The van der Waals surface area contributed by atoms with Gasteiger partial charge in [-0.3, -0.25) is 0 Å². The summed E-state index contributed by atoms with van der Waals surface area (Å²) in [6, 6.07) is 1.22. The maximum atomic E-state index is 12.7. The van der Waals surface area contributed by atoms with Gasteiger partial charge in [0.05, 0.1) is 0 Å². The summed E-state index contributed by atoms with van der Waals surface area (Å²) in [5, 5.41) is 6.79. The number of aromatic nitrogens is 3. The zero-order valence-corrected chi connectivity index (χ0v) is 11.6. The van der Waals surface area contributed by atoms with Crippen LogP contribution in [0.15, 0.2) is 18.5 Å². The fraction of sp³-hybridized carbons (Fsp3) is 0.538. The third-order valence-electron chi connectivity index (χ3n) is 3.65. The number of halogens is 3. The summed E-state index contributed by atoms with van der Waals surface area (Å²) >= 11 is 0. The summed E-state index contributed by atoms with van der Waals surface area (Å²) in [5.41, 5.74) is -0.558. The molecule has 1 N–H and O–H groups in total. The molecule has 1 aliphatic heterocycles. The van der Waals surface area contributed by atoms with E-state index in [1.807, 2.05) is 7.05 Å². The van der Waals surface area contributed by atoms with Crippen molar-refractivity contribution in [2.24, 2.45) is 0 Å². The largest absolute Gasteiger partial charge is 0.435 e. The number of nitrogens with zero attached hydrogens (tertiary/aromatic N) is 4. The molecule has 1 unspecified atom stereocenters. The summed E-state index contributed by atoms with van der Waals surface area (Å²) in [6.07, 6.45) is 0.462. The van der Waals surface area contributed by atoms with Gasteiger partial charge >= 0.3 is 6.18 Å². The van der Waals surface area contributed by atoms with E-state index in [0.717, 1.165) is 32.0 Å². The minimum atomic E-state index is -4.45. The SMILES string of the molecule is CN1CCCC(Nc2nccn3nc(C(F)(F)F)cc23)C1. The number of likely N-dealkylation sites (tertiary alicyclic amines) is 1. The maximum Gasteiger partial charge on any atom is 0.435 e. The molecule has 3 rings (SSSR count). The maximum absolute atomic E-state index is 12.7. The van der Waals surface area contributed by atoms with Crippen molar-refractivity contribution in [2.45, 2.75) is 25.1 Å². The Morgan fingerprint density at radius 3 is 2.90 bits per heavy atom. The normalized spacial score (nSPS) is 20.9. The van der Waals surface area contributed by atoms with Crippen LogP contribution in [0.1, 0.15) is 18.5 Å². The second-order valence-corrected chi connectivity index (χ2v) is 5.38. The fourth-order valence-corrected chi connectivity index (χ4v) is 2.65. The molecule has 1 atom stereocenters. The molecule has 1 aliphatic rings. The van der Waals surface area contributed by atoms with Crippen molar-refractivity contribution in [1.82, 2.24) is 19.5 Å². The Morgan fingerprint density at radius 2 is 2.19 bits per heavy atom. The van der Waals surface area contributed by atoms with Gasteiger partial charge in [-0.15, -0.1) is 0 Å². The Kier molecular flexibility index (Phi) is 3.48. The van der Waals surface area contributed by atoms with E-state index in [1.165, 1.54) is 16.9 Å². The molecule has 2 aromatic rings. The molecule has 0 aromatic carbocycles. The molecule has 3 heterocycles. The van der Waals surface area contributed by atoms with Crippen molar-refractivity contribution in [3.05, 3.63) is 24.2 Å². The Bertz CT molecular complexity index is 636. The lowest BCUT2D eigenvalue weighted by atomic mass is 10.1. The van der Waals surface area contributed by atoms with Gasteiger partial charge in [0.1, 0.15) is 5.52 Å². The van der Waals surface area contributed by atoms with Crippen molar-refractivity contribution in [1.29, 1.82) is 0 Å². The Morgan fingerprint density at radius 1 is 1.38 bits per heavy atom. The van der Waals surface area contributed by atoms with Crippen LogP contribution in [-0.4, -0.2) is 45.7 Å². The molecule has 8 heteroatoms. The van der Waals surface area contributed by atoms with Crippen LogP contribution in [0.25, 0.3) is 5.52 Å². The number of alkyl halides is 3. The molecule has 114 valence electrons. The van der Waals surface area contributed by atoms with Crippen LogP contribution in [0, 0.1) is 0 Å². The first-order chi connectivity index (χ1) is 9.93. The number of fused-ring (bicyclic) bond motifs is 1. The van der Waals surface area contributed by atoms with Crippen molar-refractivity contribution in [2.75, 3.05) is 25.5 Å². The number of rotatable bonds is 2. The molecule has 1 fully saturated rings. The van der Waals surface area contributed by atoms with Crippen LogP contribution in [0.2, 0.25) is 0 Å². The zero-order chi connectivity index (χ0) is 15.0. The molecule has 2 aromatic heterocycles. The van der Waals surface area contributed by atoms with Gasteiger partial charge in [-0.2, -0.15) is 18.3 Å². The Hall–Kier alpha value is -1.83. The van der Waals surface area contributed by atoms with Crippen LogP contribution in [-0.2, 0) is 6.18 Å². The van der Waals surface area contributed by atoms with Crippen molar-refractivity contribution in [3.63, 3.8) is 0 Å². The van der Waals surface area contributed by atoms with Gasteiger partial charge in [0.15, 0.2) is 11.5 Å². The van der Waals surface area contributed by atoms with Gasteiger partial charge in [-0.05, 0) is 26.4 Å². The predicted molar refractivity (Wildman–Crippen MR) is 72.1 cm³/mol. The summed E-state index contributed by atoms with van der Waals surface area (Å²) in [5.74, 6) is 0.445. The van der Waals surface area contributed by atoms with E-state index in [0.29, 0.717) is 11.3 Å². The minimum absolute atomic E-state index is 0.187. The standard InChI is InChI=1S/C13H16F3N5/c1-20-5-2-3-9(8-20)18-12-10-7-11(13(14,15)16)19-21(10)6-4-17-12/h4,6-7,9H,2-3,5,8H2,1H3,(H,17,18). The van der Waals surface area contributed by atoms with E-state index in [4.69, 9.17) is 0 Å². The first kappa shape index (κ1) is 14.1. The average Bonchev–Trinajstić information content (AvgIpc) is 2.84. The highest BCUT2D eigenvalue weighted by Crippen LogP contribution is 2.30. The van der Waals surface area contributed by atoms with Gasteiger partial charge in [-0.1, -0.05) is 0 Å². The van der Waals surface area contributed by atoms with Crippen LogP contribution in [0.4, 0.5) is 19.0 Å². The first-order valence-electron chi connectivity index (χ1n) is 6.80. The molecular formula is C13H16F3N5. The second-order valence-electron chi connectivity index (χ2n) is 5.38. The zero-order valence-electron chi connectivity index (χ0n) is 11.6. The highest BCUT2D eigenvalue weighted by Gasteiger charge is 2.34. The molecule has 0 bridgehead atoms. The molecule has 0 aliphatic carbocycles. The highest BCUT2D eigenvalue weighted by molar-refractivity contribution is 5.68. The Balaban J connectivity index is 1.89. The van der Waals surface area contributed by atoms with Crippen LogP contribution in [0.3, 0.4) is 0 Å². The molecule has 0 amide bonds. The van der Waals surface area contributed by atoms with Gasteiger partial charge < -0.3 is 10.2 Å². The number of likely N-dealkylation sites (N-methyl/N-ethyl adjacent to an activating group) is 1. The van der Waals surface area contributed by atoms with Crippen molar-refractivity contribution < 1.29 is 13.2 Å². The highest BCUT2D eigenvalue weighted by atomic mass is 19.4. The lowest BCUT2D eigenvalue weighted by Gasteiger charge is -2.30. The Labute approximate surface area is 119 Å². The molecule has 5 nitrogen and oxygen atoms in total. The molecule has 21 heavy (non-hydrogen) atoms. The number of hydrogen-bond donors (Lipinski definition) is 1. The molecule has 1 saturated heterocycles. The summed E-state index contributed by atoms with van der Waals surface area (Å²) in [7, 11) is 2.03. The van der Waals surface area contributed by atoms with E-state index in [2.05, 4.69) is 20.3 Å². The van der Waals surface area contributed by atoms with Gasteiger partial charge in [0.25, 0.3) is 0 Å². The minimum Gasteiger partial charge on any atom is -0.364 e. The lowest BCUT2D eigenvalue weighted by molar-refractivity contribution is -0.141. The topological polar surface area (TPSA) is 45.5 Å². The van der Waals surface area contributed by atoms with E-state index in [-0.39, 0.29) is 6.04 Å². The third-order valence-corrected chi connectivity index (χ3v) is 3.65. The predicted octanol–water partition coefficient (Wildman–Crippen LogP) is 2.25. The van der Waals surface area contributed by atoms with Gasteiger partial charge in [0.2, 0.25) is 0 Å². The number of hydrogen-bond acceptors (Lipinski definition) is 4. The van der Waals surface area contributed by atoms with Gasteiger partial charge in [-0.25, -0.2) is 9.50 Å². The molecular weight excluding hydrogens is 283 g/mol. The first-order valence-corrected chi connectivity index (χ1v) is 6.80. The summed E-state index contributed by atoms with van der Waals surface area (Å²) in [4.78, 5) is 6.36. The number of nitrogens with one attached hydrogen (secondary N) is 1. The van der Waals surface area contributed by atoms with Crippen LogP contribution >= 0.6 is 0 Å². The number of anilines is 1. The third kappa shape index (κ3) is 2.94. The van der Waals surface area contributed by atoms with E-state index in [9.17, 15) is 13.2 Å². The van der Waals surface area contributed by atoms with Crippen molar-refractivity contribution in [3.8, 4) is 0 Å². The summed E-state index contributed by atoms with van der Waals surface area (Å²) < 4.78 is 39.4. The average molecular weight is 299 g/mol. The van der Waals surface area contributed by atoms with Crippen LogP contribution in [0.5, 0.6) is 0 Å². The molecule has 0 spiro atoms. The van der Waals surface area contributed by atoms with E-state index in [1.54, 1.807) is 0 Å². The molecule has 0 radical (unpaired) electrons. The second kappa shape index (κ2) is 5.18. The summed E-state index contributed by atoms with van der Waals surface area (Å²) in [6.45, 7) is 1.89. The lowest BCUT2D eigenvalue weighted by Crippen LogP contribution is -2.39. The van der Waals surface area contributed by atoms with Crippen LogP contribution < -0.4 is 5.32 Å². The van der Waals surface area contributed by atoms with E-state index >= 15 is 0 Å². The number of piperidine rings is 1. The molecule has 0 saturated carbocycles. The van der Waals surface area contributed by atoms with Crippen molar-refractivity contribution >= 4 is 11.3 Å². The fourth-order valence-electron chi connectivity index (χ4n) is 2.65. The monoisotopic (exact) mass is 299 g/mol. The quantitative estimate of drug-likeness (QED) is 0.924.